The van der Waals surface area contributed by atoms with Crippen LogP contribution in [-0.2, 0) is 14.6 Å². The van der Waals surface area contributed by atoms with E-state index in [2.05, 4.69) is 4.90 Å². The van der Waals surface area contributed by atoms with E-state index in [1.54, 1.807) is 6.92 Å². The molecule has 4 nitrogen and oxygen atoms in total. The number of nitrogens with zero attached hydrogens (tertiary/aromatic N) is 1. The fourth-order valence-corrected chi connectivity index (χ4v) is 4.97. The van der Waals surface area contributed by atoms with Gasteiger partial charge in [-0.2, -0.15) is 0 Å². The normalized spacial score (nSPS) is 52.5. The number of ether oxygens (including phenoxy) is 1. The quantitative estimate of drug-likeness (QED) is 0.599. The molecule has 4 heterocycles. The first-order chi connectivity index (χ1) is 7.02. The SMILES string of the molecule is C[C@H]1O[C@@]2(CN3CCC2CC3)CS1(=O)=O. The molecule has 0 aromatic rings. The highest BCUT2D eigenvalue weighted by Gasteiger charge is 2.56. The van der Waals surface area contributed by atoms with E-state index in [1.165, 1.54) is 0 Å². The van der Waals surface area contributed by atoms with Crippen LogP contribution in [0, 0.1) is 5.92 Å². The first kappa shape index (κ1) is 10.1. The summed E-state index contributed by atoms with van der Waals surface area (Å²) in [5, 5.41) is 0. The van der Waals surface area contributed by atoms with Crippen LogP contribution in [-0.4, -0.2) is 49.7 Å². The minimum Gasteiger partial charge on any atom is -0.353 e. The fourth-order valence-electron chi connectivity index (χ4n) is 3.32. The van der Waals surface area contributed by atoms with Crippen molar-refractivity contribution >= 4 is 9.84 Å². The number of hydrogen-bond donors (Lipinski definition) is 0. The molecule has 0 aliphatic carbocycles. The molecule has 0 aromatic heterocycles. The van der Waals surface area contributed by atoms with Gasteiger partial charge in [0.2, 0.25) is 0 Å². The highest BCUT2D eigenvalue weighted by Crippen LogP contribution is 2.44. The lowest BCUT2D eigenvalue weighted by molar-refractivity contribution is -0.133. The summed E-state index contributed by atoms with van der Waals surface area (Å²) in [7, 11) is -3.00. The molecule has 4 aliphatic rings. The summed E-state index contributed by atoms with van der Waals surface area (Å²) in [6.07, 6.45) is 2.20. The Kier molecular flexibility index (Phi) is 1.98. The summed E-state index contributed by atoms with van der Waals surface area (Å²) in [5.41, 5.74) is -0.965. The number of hydrogen-bond acceptors (Lipinski definition) is 4. The Labute approximate surface area is 90.5 Å². The lowest BCUT2D eigenvalue weighted by Crippen LogP contribution is -2.60. The van der Waals surface area contributed by atoms with Gasteiger partial charge in [-0.1, -0.05) is 0 Å². The molecule has 0 radical (unpaired) electrons. The largest absolute Gasteiger partial charge is 0.353 e. The number of sulfone groups is 1. The molecule has 0 saturated carbocycles. The summed E-state index contributed by atoms with van der Waals surface area (Å²) >= 11 is 0. The van der Waals surface area contributed by atoms with E-state index < -0.39 is 15.3 Å². The van der Waals surface area contributed by atoms with Gasteiger partial charge in [0.15, 0.2) is 15.3 Å². The zero-order valence-electron chi connectivity index (χ0n) is 8.98. The first-order valence-corrected chi connectivity index (χ1v) is 7.35. The third-order valence-corrected chi connectivity index (χ3v) is 6.17. The summed E-state index contributed by atoms with van der Waals surface area (Å²) in [5.74, 6) is 0.699. The van der Waals surface area contributed by atoms with E-state index in [1.807, 2.05) is 0 Å². The van der Waals surface area contributed by atoms with Gasteiger partial charge in [-0.05, 0) is 38.8 Å². The van der Waals surface area contributed by atoms with Crippen molar-refractivity contribution in [1.29, 1.82) is 0 Å². The van der Waals surface area contributed by atoms with Crippen LogP contribution < -0.4 is 0 Å². The summed E-state index contributed by atoms with van der Waals surface area (Å²) in [6, 6.07) is 0. The molecule has 4 aliphatic heterocycles. The topological polar surface area (TPSA) is 46.6 Å². The first-order valence-electron chi connectivity index (χ1n) is 5.64. The monoisotopic (exact) mass is 231 g/mol. The molecule has 0 aromatic carbocycles. The number of rotatable bonds is 0. The van der Waals surface area contributed by atoms with Crippen molar-refractivity contribution in [3.05, 3.63) is 0 Å². The smallest absolute Gasteiger partial charge is 0.179 e. The zero-order valence-corrected chi connectivity index (χ0v) is 9.79. The summed E-state index contributed by atoms with van der Waals surface area (Å²) < 4.78 is 29.3. The van der Waals surface area contributed by atoms with Crippen molar-refractivity contribution in [2.45, 2.75) is 30.8 Å². The van der Waals surface area contributed by atoms with Crippen LogP contribution in [0.1, 0.15) is 19.8 Å². The molecule has 5 heteroatoms. The van der Waals surface area contributed by atoms with Crippen LogP contribution in [0.2, 0.25) is 0 Å². The molecular formula is C10H17NO3S. The van der Waals surface area contributed by atoms with E-state index in [0.717, 1.165) is 32.5 Å². The van der Waals surface area contributed by atoms with Gasteiger partial charge < -0.3 is 9.64 Å². The van der Waals surface area contributed by atoms with E-state index in [9.17, 15) is 8.42 Å². The minimum absolute atomic E-state index is 0.238. The standard InChI is InChI=1S/C10H17NO3S/c1-8-14-10(7-15(8,12)13)6-11-4-2-9(10)3-5-11/h8-9H,2-7H2,1H3/t8-,10-/m0/s1. The van der Waals surface area contributed by atoms with Crippen molar-refractivity contribution in [2.24, 2.45) is 5.92 Å². The van der Waals surface area contributed by atoms with Gasteiger partial charge >= 0.3 is 0 Å². The van der Waals surface area contributed by atoms with Crippen LogP contribution in [0.25, 0.3) is 0 Å². The molecule has 15 heavy (non-hydrogen) atoms. The van der Waals surface area contributed by atoms with E-state index in [-0.39, 0.29) is 11.4 Å². The Balaban J connectivity index is 1.94. The highest BCUT2D eigenvalue weighted by atomic mass is 32.2. The maximum atomic E-state index is 11.8. The van der Waals surface area contributed by atoms with Crippen LogP contribution in [0.4, 0.5) is 0 Å². The second-order valence-corrected chi connectivity index (χ2v) is 7.39. The third kappa shape index (κ3) is 1.36. The minimum atomic E-state index is -3.00. The Bertz CT molecular complexity index is 372. The lowest BCUT2D eigenvalue weighted by Gasteiger charge is -2.50. The second-order valence-electron chi connectivity index (χ2n) is 5.11. The van der Waals surface area contributed by atoms with Crippen molar-refractivity contribution in [2.75, 3.05) is 25.4 Å². The van der Waals surface area contributed by atoms with E-state index in [0.29, 0.717) is 5.92 Å². The van der Waals surface area contributed by atoms with Crippen molar-refractivity contribution in [1.82, 2.24) is 4.90 Å². The van der Waals surface area contributed by atoms with Gasteiger partial charge in [0.25, 0.3) is 0 Å². The van der Waals surface area contributed by atoms with Gasteiger partial charge in [-0.15, -0.1) is 0 Å². The molecule has 0 N–H and O–H groups in total. The second kappa shape index (κ2) is 2.96. The van der Waals surface area contributed by atoms with Crippen LogP contribution >= 0.6 is 0 Å². The molecule has 4 fully saturated rings. The molecule has 2 atom stereocenters. The van der Waals surface area contributed by atoms with Gasteiger partial charge in [0.05, 0.1) is 11.4 Å². The molecule has 4 saturated heterocycles. The van der Waals surface area contributed by atoms with E-state index >= 15 is 0 Å². The van der Waals surface area contributed by atoms with Crippen LogP contribution in [0.3, 0.4) is 0 Å². The van der Waals surface area contributed by atoms with Gasteiger partial charge in [-0.3, -0.25) is 0 Å². The predicted molar refractivity (Wildman–Crippen MR) is 56.2 cm³/mol. The summed E-state index contributed by atoms with van der Waals surface area (Å²) in [6.45, 7) is 4.72. The Hall–Kier alpha value is -0.130. The fraction of sp³-hybridized carbons (Fsp3) is 1.00. The van der Waals surface area contributed by atoms with E-state index in [4.69, 9.17) is 4.74 Å². The molecule has 0 amide bonds. The van der Waals surface area contributed by atoms with Crippen LogP contribution in [0.15, 0.2) is 0 Å². The van der Waals surface area contributed by atoms with Crippen LogP contribution in [0.5, 0.6) is 0 Å². The molecule has 2 bridgehead atoms. The molecule has 1 spiro atoms. The highest BCUT2D eigenvalue weighted by molar-refractivity contribution is 7.92. The van der Waals surface area contributed by atoms with Crippen molar-refractivity contribution in [3.8, 4) is 0 Å². The molecule has 86 valence electrons. The van der Waals surface area contributed by atoms with Gasteiger partial charge in [-0.25, -0.2) is 8.42 Å². The Morgan fingerprint density at radius 2 is 2.00 bits per heavy atom. The maximum Gasteiger partial charge on any atom is 0.179 e. The third-order valence-electron chi connectivity index (χ3n) is 4.17. The maximum absolute atomic E-state index is 11.8. The number of piperidine rings is 3. The van der Waals surface area contributed by atoms with Gasteiger partial charge in [0.1, 0.15) is 0 Å². The lowest BCUT2D eigenvalue weighted by atomic mass is 9.76. The zero-order chi connectivity index (χ0) is 10.7. The average Bonchev–Trinajstić information content (AvgIpc) is 2.38. The molecular weight excluding hydrogens is 214 g/mol. The Morgan fingerprint density at radius 3 is 2.40 bits per heavy atom. The number of fused-ring (bicyclic) bond motifs is 2. The molecule has 4 rings (SSSR count). The predicted octanol–water partition coefficient (Wildman–Crippen LogP) is 0.242. The van der Waals surface area contributed by atoms with Gasteiger partial charge in [0, 0.05) is 6.54 Å². The average molecular weight is 231 g/mol. The van der Waals surface area contributed by atoms with Crippen molar-refractivity contribution < 1.29 is 13.2 Å². The molecule has 0 unspecified atom stereocenters. The Morgan fingerprint density at radius 1 is 1.33 bits per heavy atom. The summed E-state index contributed by atoms with van der Waals surface area (Å²) in [4.78, 5) is 2.34. The van der Waals surface area contributed by atoms with Crippen molar-refractivity contribution in [3.63, 3.8) is 0 Å².